The minimum atomic E-state index is -0.487. The maximum Gasteiger partial charge on any atom is 0.328 e. The third-order valence-electron chi connectivity index (χ3n) is 5.48. The molecule has 1 amide bonds. The first-order valence-corrected chi connectivity index (χ1v) is 11.0. The van der Waals surface area contributed by atoms with Crippen LogP contribution in [0.25, 0.3) is 11.0 Å². The Morgan fingerprint density at radius 3 is 2.67 bits per heavy atom. The first-order valence-electron chi connectivity index (χ1n) is 10.2. The van der Waals surface area contributed by atoms with Crippen molar-refractivity contribution in [2.75, 3.05) is 31.1 Å². The number of aromatic amines is 1. The second kappa shape index (κ2) is 8.43. The normalized spacial score (nSPS) is 14.5. The molecule has 1 aliphatic rings. The number of hydrogen-bond acceptors (Lipinski definition) is 6. The SMILES string of the molecule is CCCCn1c(=O)[nH]c2c(C(=O)N3CCN(c4cccc(C)c4)CC3)snc2c1=O. The molecule has 0 radical (unpaired) electrons. The van der Waals surface area contributed by atoms with Crippen LogP contribution in [0.15, 0.2) is 33.9 Å². The Labute approximate surface area is 177 Å². The number of piperazine rings is 1. The van der Waals surface area contributed by atoms with Crippen molar-refractivity contribution in [1.82, 2.24) is 18.8 Å². The number of nitrogens with one attached hydrogen (secondary N) is 1. The predicted molar refractivity (Wildman–Crippen MR) is 119 cm³/mol. The Morgan fingerprint density at radius 2 is 1.97 bits per heavy atom. The molecule has 158 valence electrons. The summed E-state index contributed by atoms with van der Waals surface area (Å²) in [5, 5.41) is 0. The zero-order valence-corrected chi connectivity index (χ0v) is 18.0. The number of aromatic nitrogens is 3. The standard InChI is InChI=1S/C21H25N5O3S/c1-3-4-8-26-19(27)17-16(22-21(26)29)18(30-23-17)20(28)25-11-9-24(10-12-25)15-7-5-6-14(2)13-15/h5-7,13H,3-4,8-12H2,1-2H3,(H,22,29). The van der Waals surface area contributed by atoms with Crippen molar-refractivity contribution in [3.8, 4) is 0 Å². The number of H-pyrrole nitrogens is 1. The lowest BCUT2D eigenvalue weighted by molar-refractivity contribution is 0.0753. The van der Waals surface area contributed by atoms with E-state index < -0.39 is 11.2 Å². The zero-order chi connectivity index (χ0) is 21.3. The summed E-state index contributed by atoms with van der Waals surface area (Å²) in [6.45, 7) is 7.01. The van der Waals surface area contributed by atoms with Crippen LogP contribution in [0, 0.1) is 6.92 Å². The molecule has 1 fully saturated rings. The molecule has 0 unspecified atom stereocenters. The lowest BCUT2D eigenvalue weighted by atomic mass is 10.2. The van der Waals surface area contributed by atoms with E-state index in [9.17, 15) is 14.4 Å². The molecular formula is C21H25N5O3S. The molecule has 3 heterocycles. The van der Waals surface area contributed by atoms with Gasteiger partial charge in [-0.25, -0.2) is 4.79 Å². The van der Waals surface area contributed by atoms with Gasteiger partial charge in [0, 0.05) is 38.4 Å². The van der Waals surface area contributed by atoms with E-state index >= 15 is 0 Å². The molecule has 8 nitrogen and oxygen atoms in total. The monoisotopic (exact) mass is 427 g/mol. The largest absolute Gasteiger partial charge is 0.368 e. The van der Waals surface area contributed by atoms with E-state index in [1.54, 1.807) is 4.90 Å². The first kappa shape index (κ1) is 20.3. The fourth-order valence-electron chi connectivity index (χ4n) is 3.75. The summed E-state index contributed by atoms with van der Waals surface area (Å²) < 4.78 is 5.36. The highest BCUT2D eigenvalue weighted by Crippen LogP contribution is 2.22. The van der Waals surface area contributed by atoms with Gasteiger partial charge in [0.2, 0.25) is 0 Å². The summed E-state index contributed by atoms with van der Waals surface area (Å²) in [6.07, 6.45) is 1.61. The highest BCUT2D eigenvalue weighted by atomic mass is 32.1. The average Bonchev–Trinajstić information content (AvgIpc) is 3.17. The van der Waals surface area contributed by atoms with Crippen LogP contribution < -0.4 is 16.1 Å². The number of hydrogen-bond donors (Lipinski definition) is 1. The van der Waals surface area contributed by atoms with Crippen LogP contribution >= 0.6 is 11.5 Å². The number of rotatable bonds is 5. The van der Waals surface area contributed by atoms with E-state index in [1.807, 2.05) is 13.0 Å². The lowest BCUT2D eigenvalue weighted by Gasteiger charge is -2.36. The van der Waals surface area contributed by atoms with Gasteiger partial charge in [0.25, 0.3) is 11.5 Å². The van der Waals surface area contributed by atoms with E-state index in [0.717, 1.165) is 43.2 Å². The number of aryl methyl sites for hydroxylation is 1. The van der Waals surface area contributed by atoms with Crippen LogP contribution in [-0.2, 0) is 6.54 Å². The summed E-state index contributed by atoms with van der Waals surface area (Å²) in [6, 6.07) is 8.32. The van der Waals surface area contributed by atoms with Crippen LogP contribution in [0.5, 0.6) is 0 Å². The number of carbonyl (C=O) groups is 1. The van der Waals surface area contributed by atoms with Gasteiger partial charge in [0.15, 0.2) is 5.52 Å². The van der Waals surface area contributed by atoms with Crippen LogP contribution in [0.4, 0.5) is 5.69 Å². The van der Waals surface area contributed by atoms with Crippen LogP contribution in [0.1, 0.15) is 35.0 Å². The van der Waals surface area contributed by atoms with Gasteiger partial charge in [-0.15, -0.1) is 0 Å². The summed E-state index contributed by atoms with van der Waals surface area (Å²) in [4.78, 5) is 45.2. The van der Waals surface area contributed by atoms with Crippen molar-refractivity contribution >= 4 is 34.2 Å². The van der Waals surface area contributed by atoms with Gasteiger partial charge >= 0.3 is 5.69 Å². The van der Waals surface area contributed by atoms with Crippen molar-refractivity contribution in [2.45, 2.75) is 33.2 Å². The second-order valence-corrected chi connectivity index (χ2v) is 8.37. The third kappa shape index (κ3) is 3.77. The van der Waals surface area contributed by atoms with Crippen molar-refractivity contribution in [2.24, 2.45) is 0 Å². The van der Waals surface area contributed by atoms with Gasteiger partial charge in [0.05, 0.1) is 5.52 Å². The highest BCUT2D eigenvalue weighted by Gasteiger charge is 2.27. The number of nitrogens with zero attached hydrogens (tertiary/aromatic N) is 4. The minimum absolute atomic E-state index is 0.164. The highest BCUT2D eigenvalue weighted by molar-refractivity contribution is 7.09. The van der Waals surface area contributed by atoms with Gasteiger partial charge in [-0.05, 0) is 42.6 Å². The Hall–Kier alpha value is -2.94. The van der Waals surface area contributed by atoms with E-state index in [2.05, 4.69) is 39.4 Å². The van der Waals surface area contributed by atoms with Crippen molar-refractivity contribution in [1.29, 1.82) is 0 Å². The Kier molecular flexibility index (Phi) is 5.72. The quantitative estimate of drug-likeness (QED) is 0.674. The van der Waals surface area contributed by atoms with Gasteiger partial charge in [-0.1, -0.05) is 25.5 Å². The molecular weight excluding hydrogens is 402 g/mol. The summed E-state index contributed by atoms with van der Waals surface area (Å²) in [5.74, 6) is -0.187. The zero-order valence-electron chi connectivity index (χ0n) is 17.2. The second-order valence-electron chi connectivity index (χ2n) is 7.59. The van der Waals surface area contributed by atoms with E-state index in [-0.39, 0.29) is 16.9 Å². The number of carbonyl (C=O) groups excluding carboxylic acids is 1. The molecule has 3 aromatic rings. The smallest absolute Gasteiger partial charge is 0.328 e. The van der Waals surface area contributed by atoms with Crippen molar-refractivity contribution < 1.29 is 4.79 Å². The van der Waals surface area contributed by atoms with Gasteiger partial charge in [-0.2, -0.15) is 4.37 Å². The first-order chi connectivity index (χ1) is 14.5. The molecule has 1 aromatic carbocycles. The molecule has 0 saturated carbocycles. The maximum atomic E-state index is 13.1. The molecule has 0 spiro atoms. The van der Waals surface area contributed by atoms with Crippen LogP contribution in [-0.4, -0.2) is 50.9 Å². The Bertz CT molecular complexity index is 1190. The molecule has 9 heteroatoms. The molecule has 0 atom stereocenters. The maximum absolute atomic E-state index is 13.1. The number of anilines is 1. The molecule has 0 bridgehead atoms. The van der Waals surface area contributed by atoms with Gasteiger partial charge in [0.1, 0.15) is 4.88 Å². The van der Waals surface area contributed by atoms with Gasteiger partial charge < -0.3 is 14.8 Å². The average molecular weight is 428 g/mol. The topological polar surface area (TPSA) is 91.3 Å². The Morgan fingerprint density at radius 1 is 1.20 bits per heavy atom. The third-order valence-corrected chi connectivity index (χ3v) is 6.32. The molecule has 4 rings (SSSR count). The summed E-state index contributed by atoms with van der Waals surface area (Å²) in [7, 11) is 0. The molecule has 1 aliphatic heterocycles. The summed E-state index contributed by atoms with van der Waals surface area (Å²) in [5.41, 5.74) is 1.87. The number of benzene rings is 1. The molecule has 1 N–H and O–H groups in total. The molecule has 0 aliphatic carbocycles. The minimum Gasteiger partial charge on any atom is -0.368 e. The fourth-order valence-corrected chi connectivity index (χ4v) is 4.55. The van der Waals surface area contributed by atoms with Crippen LogP contribution in [0.2, 0.25) is 0 Å². The van der Waals surface area contributed by atoms with Crippen molar-refractivity contribution in [3.63, 3.8) is 0 Å². The fraction of sp³-hybridized carbons (Fsp3) is 0.429. The summed E-state index contributed by atoms with van der Waals surface area (Å²) >= 11 is 0.981. The van der Waals surface area contributed by atoms with E-state index in [4.69, 9.17) is 0 Å². The van der Waals surface area contributed by atoms with Gasteiger partial charge in [-0.3, -0.25) is 14.2 Å². The number of amides is 1. The van der Waals surface area contributed by atoms with Crippen molar-refractivity contribution in [3.05, 3.63) is 55.5 Å². The predicted octanol–water partition coefficient (Wildman–Crippen LogP) is 2.22. The molecule has 2 aromatic heterocycles. The van der Waals surface area contributed by atoms with E-state index in [0.29, 0.717) is 24.5 Å². The molecule has 1 saturated heterocycles. The molecule has 30 heavy (non-hydrogen) atoms. The van der Waals surface area contributed by atoms with Crippen LogP contribution in [0.3, 0.4) is 0 Å². The Balaban J connectivity index is 1.54. The number of fused-ring (bicyclic) bond motifs is 1. The number of unbranched alkanes of at least 4 members (excludes halogenated alkanes) is 1. The van der Waals surface area contributed by atoms with E-state index in [1.165, 1.54) is 10.1 Å². The lowest BCUT2D eigenvalue weighted by Crippen LogP contribution is -2.48.